The molecule has 184 valence electrons. The number of nitrogens with zero attached hydrogens (tertiary/aromatic N) is 2. The highest BCUT2D eigenvalue weighted by Gasteiger charge is 2.28. The number of benzene rings is 2. The zero-order valence-electron chi connectivity index (χ0n) is 20.9. The van der Waals surface area contributed by atoms with E-state index in [4.69, 9.17) is 0 Å². The fourth-order valence-corrected chi connectivity index (χ4v) is 5.57. The summed E-state index contributed by atoms with van der Waals surface area (Å²) in [4.78, 5) is 19.9. The third-order valence-corrected chi connectivity index (χ3v) is 7.76. The molecule has 2 N–H and O–H groups in total. The number of hydrogen-bond acceptors (Lipinski definition) is 4. The van der Waals surface area contributed by atoms with Crippen LogP contribution < -0.4 is 5.32 Å². The lowest BCUT2D eigenvalue weighted by Gasteiger charge is -2.26. The van der Waals surface area contributed by atoms with Gasteiger partial charge >= 0.3 is 0 Å². The van der Waals surface area contributed by atoms with Crippen molar-refractivity contribution in [3.8, 4) is 0 Å². The number of para-hydroxylation sites is 1. The highest BCUT2D eigenvalue weighted by atomic mass is 16.3. The normalized spacial score (nSPS) is 20.3. The molecule has 2 aliphatic rings. The lowest BCUT2D eigenvalue weighted by Crippen LogP contribution is -2.32. The molecular weight excluding hydrogens is 434 g/mol. The van der Waals surface area contributed by atoms with Crippen molar-refractivity contribution in [3.63, 3.8) is 0 Å². The summed E-state index contributed by atoms with van der Waals surface area (Å²) in [5.74, 6) is 1.88. The Morgan fingerprint density at radius 1 is 1.09 bits per heavy atom. The van der Waals surface area contributed by atoms with Gasteiger partial charge in [0.25, 0.3) is 5.91 Å². The zero-order chi connectivity index (χ0) is 24.4. The van der Waals surface area contributed by atoms with Crippen molar-refractivity contribution in [3.05, 3.63) is 71.4 Å². The molecule has 5 heteroatoms. The van der Waals surface area contributed by atoms with Crippen LogP contribution in [0.5, 0.6) is 0 Å². The number of aromatic nitrogens is 1. The number of carbonyl (C=O) groups is 1. The van der Waals surface area contributed by atoms with E-state index in [1.54, 1.807) is 13.1 Å². The predicted octanol–water partition coefficient (Wildman–Crippen LogP) is 6.12. The SMILES string of the molecule is Cc1cc(C(=O)N2CCCC(CC3CC3)CC2)ccc1NC(c1cccc2cccnc12)[C@@H](C)O. The molecule has 0 radical (unpaired) electrons. The number of anilines is 1. The van der Waals surface area contributed by atoms with E-state index < -0.39 is 6.10 Å². The Kier molecular flexibility index (Phi) is 7.05. The first-order chi connectivity index (χ1) is 17.0. The molecule has 0 spiro atoms. The monoisotopic (exact) mass is 471 g/mol. The summed E-state index contributed by atoms with van der Waals surface area (Å²) in [5, 5.41) is 15.2. The third kappa shape index (κ3) is 5.51. The molecule has 1 aliphatic carbocycles. The van der Waals surface area contributed by atoms with Crippen LogP contribution in [-0.2, 0) is 0 Å². The fraction of sp³-hybridized carbons (Fsp3) is 0.467. The van der Waals surface area contributed by atoms with Crippen LogP contribution in [0, 0.1) is 18.8 Å². The number of amides is 1. The van der Waals surface area contributed by atoms with Gasteiger partial charge < -0.3 is 15.3 Å². The molecule has 2 aromatic carbocycles. The molecule has 1 saturated carbocycles. The highest BCUT2D eigenvalue weighted by molar-refractivity contribution is 5.95. The van der Waals surface area contributed by atoms with Gasteiger partial charge in [0.15, 0.2) is 0 Å². The number of carbonyl (C=O) groups excluding carboxylic acids is 1. The average molecular weight is 472 g/mol. The molecular formula is C30H37N3O2. The molecule has 2 unspecified atom stereocenters. The number of likely N-dealkylation sites (tertiary alicyclic amines) is 1. The maximum absolute atomic E-state index is 13.3. The number of fused-ring (bicyclic) bond motifs is 1. The Hall–Kier alpha value is -2.92. The van der Waals surface area contributed by atoms with Crippen LogP contribution in [-0.4, -0.2) is 40.1 Å². The Balaban J connectivity index is 1.31. The summed E-state index contributed by atoms with van der Waals surface area (Å²) in [6, 6.07) is 15.6. The smallest absolute Gasteiger partial charge is 0.253 e. The van der Waals surface area contributed by atoms with Crippen LogP contribution in [0.2, 0.25) is 0 Å². The van der Waals surface area contributed by atoms with Crippen LogP contribution in [0.15, 0.2) is 54.7 Å². The summed E-state index contributed by atoms with van der Waals surface area (Å²) in [6.07, 6.45) is 8.84. The van der Waals surface area contributed by atoms with Crippen LogP contribution in [0.1, 0.15) is 73.0 Å². The van der Waals surface area contributed by atoms with Crippen LogP contribution >= 0.6 is 0 Å². The van der Waals surface area contributed by atoms with E-state index in [-0.39, 0.29) is 11.9 Å². The summed E-state index contributed by atoms with van der Waals surface area (Å²) >= 11 is 0. The van der Waals surface area contributed by atoms with Gasteiger partial charge in [-0.2, -0.15) is 0 Å². The van der Waals surface area contributed by atoms with Gasteiger partial charge in [-0.15, -0.1) is 0 Å². The maximum atomic E-state index is 13.3. The van der Waals surface area contributed by atoms with Crippen LogP contribution in [0.4, 0.5) is 5.69 Å². The third-order valence-electron chi connectivity index (χ3n) is 7.76. The van der Waals surface area contributed by atoms with Gasteiger partial charge in [0.2, 0.25) is 0 Å². The van der Waals surface area contributed by atoms with Gasteiger partial charge in [0.05, 0.1) is 17.7 Å². The molecule has 1 aliphatic heterocycles. The quantitative estimate of drug-likeness (QED) is 0.436. The molecule has 2 heterocycles. The minimum atomic E-state index is -0.621. The Bertz CT molecular complexity index is 1180. The molecule has 1 aromatic heterocycles. The highest BCUT2D eigenvalue weighted by Crippen LogP contribution is 2.38. The largest absolute Gasteiger partial charge is 0.391 e. The number of aliphatic hydroxyl groups is 1. The van der Waals surface area contributed by atoms with Crippen molar-refractivity contribution in [1.82, 2.24) is 9.88 Å². The second-order valence-electron chi connectivity index (χ2n) is 10.6. The molecule has 1 saturated heterocycles. The zero-order valence-corrected chi connectivity index (χ0v) is 20.9. The van der Waals surface area contributed by atoms with Crippen molar-refractivity contribution >= 4 is 22.5 Å². The minimum absolute atomic E-state index is 0.136. The topological polar surface area (TPSA) is 65.5 Å². The molecule has 3 atom stereocenters. The summed E-state index contributed by atoms with van der Waals surface area (Å²) in [7, 11) is 0. The first-order valence-corrected chi connectivity index (χ1v) is 13.2. The minimum Gasteiger partial charge on any atom is -0.391 e. The molecule has 0 bridgehead atoms. The Morgan fingerprint density at radius 3 is 2.66 bits per heavy atom. The van der Waals surface area contributed by atoms with Crippen molar-refractivity contribution in [2.24, 2.45) is 11.8 Å². The molecule has 5 nitrogen and oxygen atoms in total. The average Bonchev–Trinajstić information content (AvgIpc) is 3.70. The van der Waals surface area contributed by atoms with Gasteiger partial charge in [-0.3, -0.25) is 9.78 Å². The predicted molar refractivity (Wildman–Crippen MR) is 142 cm³/mol. The van der Waals surface area contributed by atoms with E-state index in [2.05, 4.69) is 15.2 Å². The molecule has 5 rings (SSSR count). The van der Waals surface area contributed by atoms with Crippen LogP contribution in [0.25, 0.3) is 10.9 Å². The van der Waals surface area contributed by atoms with E-state index in [0.717, 1.165) is 71.0 Å². The lowest BCUT2D eigenvalue weighted by atomic mass is 9.94. The second kappa shape index (κ2) is 10.4. The number of aryl methyl sites for hydroxylation is 1. The van der Waals surface area contributed by atoms with E-state index in [1.807, 2.05) is 55.5 Å². The number of pyridine rings is 1. The standard InChI is InChI=1S/C30H37N3O2/c1-20-18-25(30(35)33-16-5-6-22(14-17-33)19-23-10-11-23)12-13-27(20)32-28(21(2)34)26-9-3-7-24-8-4-15-31-29(24)26/h3-4,7-9,12-13,15,18,21-23,28,32,34H,5-6,10-11,14,16-17,19H2,1-2H3/t21-,22?,28?/m1/s1. The van der Waals surface area contributed by atoms with Gasteiger partial charge in [0.1, 0.15) is 0 Å². The second-order valence-corrected chi connectivity index (χ2v) is 10.6. The van der Waals surface area contributed by atoms with Crippen molar-refractivity contribution < 1.29 is 9.90 Å². The Morgan fingerprint density at radius 2 is 1.89 bits per heavy atom. The fourth-order valence-electron chi connectivity index (χ4n) is 5.57. The van der Waals surface area contributed by atoms with Crippen molar-refractivity contribution in [1.29, 1.82) is 0 Å². The Labute approximate surface area is 208 Å². The number of nitrogens with one attached hydrogen (secondary N) is 1. The van der Waals surface area contributed by atoms with Crippen LogP contribution in [0.3, 0.4) is 0 Å². The van der Waals surface area contributed by atoms with Crippen molar-refractivity contribution in [2.45, 2.75) is 64.5 Å². The van der Waals surface area contributed by atoms with Gasteiger partial charge in [-0.05, 0) is 81.2 Å². The van der Waals surface area contributed by atoms with E-state index in [1.165, 1.54) is 25.7 Å². The summed E-state index contributed by atoms with van der Waals surface area (Å²) < 4.78 is 0. The van der Waals surface area contributed by atoms with E-state index >= 15 is 0 Å². The number of rotatable bonds is 7. The van der Waals surface area contributed by atoms with E-state index in [0.29, 0.717) is 0 Å². The first-order valence-electron chi connectivity index (χ1n) is 13.2. The molecule has 3 aromatic rings. The van der Waals surface area contributed by atoms with E-state index in [9.17, 15) is 9.90 Å². The first kappa shape index (κ1) is 23.8. The summed E-state index contributed by atoms with van der Waals surface area (Å²) in [6.45, 7) is 5.54. The number of hydrogen-bond donors (Lipinski definition) is 2. The molecule has 2 fully saturated rings. The molecule has 35 heavy (non-hydrogen) atoms. The number of aliphatic hydroxyl groups excluding tert-OH is 1. The summed E-state index contributed by atoms with van der Waals surface area (Å²) in [5.41, 5.74) is 4.51. The molecule has 1 amide bonds. The van der Waals surface area contributed by atoms with Gasteiger partial charge in [-0.1, -0.05) is 37.1 Å². The maximum Gasteiger partial charge on any atom is 0.253 e. The lowest BCUT2D eigenvalue weighted by molar-refractivity contribution is 0.0759. The van der Waals surface area contributed by atoms with Gasteiger partial charge in [0, 0.05) is 41.5 Å². The van der Waals surface area contributed by atoms with Crippen molar-refractivity contribution in [2.75, 3.05) is 18.4 Å². The van der Waals surface area contributed by atoms with Gasteiger partial charge in [-0.25, -0.2) is 0 Å².